The van der Waals surface area contributed by atoms with Crippen LogP contribution in [0.5, 0.6) is 5.75 Å². The highest BCUT2D eigenvalue weighted by molar-refractivity contribution is 6.00. The third-order valence-electron chi connectivity index (χ3n) is 9.02. The van der Waals surface area contributed by atoms with Gasteiger partial charge in [0.25, 0.3) is 0 Å². The molecule has 1 unspecified atom stereocenters. The first-order valence-corrected chi connectivity index (χ1v) is 15.9. The molecule has 3 aromatic rings. The van der Waals surface area contributed by atoms with Crippen molar-refractivity contribution in [2.24, 2.45) is 0 Å². The van der Waals surface area contributed by atoms with E-state index in [0.717, 1.165) is 43.7 Å². The molecule has 3 aliphatic rings. The maximum Gasteiger partial charge on any atom is 0.323 e. The number of furan rings is 1. The summed E-state index contributed by atoms with van der Waals surface area (Å²) in [6, 6.07) is 18.0. The molecule has 4 amide bonds. The second-order valence-electron chi connectivity index (χ2n) is 12.1. The number of likely N-dealkylation sites (tertiary alicyclic amines) is 1. The van der Waals surface area contributed by atoms with Crippen molar-refractivity contribution in [2.45, 2.75) is 63.1 Å². The number of ether oxygens (including phenoxy) is 1. The van der Waals surface area contributed by atoms with Gasteiger partial charge in [0.1, 0.15) is 17.6 Å². The molecule has 3 fully saturated rings. The number of nitrogens with one attached hydrogen (secondary N) is 2. The number of nitrogens with zero attached hydrogens (tertiary/aromatic N) is 3. The first kappa shape index (κ1) is 30.3. The van der Waals surface area contributed by atoms with Crippen LogP contribution in [0, 0.1) is 0 Å². The van der Waals surface area contributed by atoms with Crippen LogP contribution < -0.4 is 20.3 Å². The lowest BCUT2D eigenvalue weighted by Gasteiger charge is -2.31. The second kappa shape index (κ2) is 13.9. The maximum atomic E-state index is 13.5. The van der Waals surface area contributed by atoms with Gasteiger partial charge in [-0.15, -0.1) is 0 Å². The van der Waals surface area contributed by atoms with Crippen LogP contribution in [-0.2, 0) is 9.59 Å². The number of amides is 4. The Morgan fingerprint density at radius 1 is 0.889 bits per heavy atom. The zero-order valence-electron chi connectivity index (χ0n) is 25.7. The van der Waals surface area contributed by atoms with Gasteiger partial charge in [0.2, 0.25) is 11.8 Å². The highest BCUT2D eigenvalue weighted by Crippen LogP contribution is 2.28. The van der Waals surface area contributed by atoms with Crippen LogP contribution in [0.4, 0.5) is 21.9 Å². The van der Waals surface area contributed by atoms with Crippen molar-refractivity contribution in [2.75, 3.05) is 42.2 Å². The van der Waals surface area contributed by atoms with Gasteiger partial charge in [0.05, 0.1) is 18.4 Å². The smallest absolute Gasteiger partial charge is 0.323 e. The van der Waals surface area contributed by atoms with Crippen LogP contribution in [0.2, 0.25) is 0 Å². The predicted molar refractivity (Wildman–Crippen MR) is 174 cm³/mol. The van der Waals surface area contributed by atoms with Crippen molar-refractivity contribution in [3.8, 4) is 5.75 Å². The monoisotopic (exact) mass is 611 g/mol. The number of carbonyl (C=O) groups is 3. The summed E-state index contributed by atoms with van der Waals surface area (Å²) in [5, 5.41) is 5.76. The van der Waals surface area contributed by atoms with Gasteiger partial charge in [0, 0.05) is 49.8 Å². The average Bonchev–Trinajstić information content (AvgIpc) is 3.88. The minimum atomic E-state index is -0.447. The summed E-state index contributed by atoms with van der Waals surface area (Å²) >= 11 is 0. The zero-order chi connectivity index (χ0) is 31.2. The Hall–Kier alpha value is -4.73. The molecular weight excluding hydrogens is 570 g/mol. The summed E-state index contributed by atoms with van der Waals surface area (Å²) in [7, 11) is 1.85. The van der Waals surface area contributed by atoms with Gasteiger partial charge in [-0.2, -0.15) is 0 Å². The van der Waals surface area contributed by atoms with E-state index in [1.54, 1.807) is 29.4 Å². The third-order valence-corrected chi connectivity index (χ3v) is 9.02. The number of benzene rings is 2. The molecule has 2 saturated heterocycles. The fourth-order valence-corrected chi connectivity index (χ4v) is 6.49. The summed E-state index contributed by atoms with van der Waals surface area (Å²) in [6.45, 7) is 2.09. The van der Waals surface area contributed by atoms with Gasteiger partial charge in [-0.25, -0.2) is 4.79 Å². The molecule has 10 heteroatoms. The molecule has 10 nitrogen and oxygen atoms in total. The van der Waals surface area contributed by atoms with E-state index in [1.165, 1.54) is 18.9 Å². The molecule has 2 atom stereocenters. The van der Waals surface area contributed by atoms with Gasteiger partial charge in [-0.3, -0.25) is 9.59 Å². The molecule has 1 aromatic heterocycles. The zero-order valence-corrected chi connectivity index (χ0v) is 25.7. The van der Waals surface area contributed by atoms with Crippen molar-refractivity contribution in [3.05, 3.63) is 78.8 Å². The van der Waals surface area contributed by atoms with Crippen molar-refractivity contribution < 1.29 is 23.5 Å². The van der Waals surface area contributed by atoms with Crippen LogP contribution in [0.15, 0.2) is 77.4 Å². The van der Waals surface area contributed by atoms with Crippen LogP contribution in [0.25, 0.3) is 6.08 Å². The molecule has 1 saturated carbocycles. The quantitative estimate of drug-likeness (QED) is 0.288. The molecule has 236 valence electrons. The molecule has 6 rings (SSSR count). The second-order valence-corrected chi connectivity index (χ2v) is 12.1. The Bertz CT molecular complexity index is 1480. The van der Waals surface area contributed by atoms with Gasteiger partial charge < -0.3 is 34.5 Å². The first-order chi connectivity index (χ1) is 21.9. The van der Waals surface area contributed by atoms with Gasteiger partial charge in [-0.1, -0.05) is 0 Å². The Labute approximate surface area is 264 Å². The van der Waals surface area contributed by atoms with Crippen molar-refractivity contribution in [1.82, 2.24) is 9.80 Å². The number of anilines is 3. The van der Waals surface area contributed by atoms with E-state index in [9.17, 15) is 14.4 Å². The topological polar surface area (TPSA) is 107 Å². The van der Waals surface area contributed by atoms with E-state index in [4.69, 9.17) is 9.15 Å². The standard InChI is InChI=1S/C35H41N5O5/c1-38(34(42)32-9-4-21-40(32)33(41)19-18-29-8-5-23-44-29)28-20-22-39(24-28)27-14-10-25(11-15-27)36-35(43)37-26-12-16-31(17-13-26)45-30-6-2-3-7-30/h5,8,10-19,23,28,30,32H,2-4,6-7,9,20-22,24H2,1H3,(H2,36,37,43)/b19-18+/t28?,32-/m1/s1. The molecule has 0 bridgehead atoms. The summed E-state index contributed by atoms with van der Waals surface area (Å²) in [5.41, 5.74) is 2.41. The molecule has 2 N–H and O–H groups in total. The minimum absolute atomic E-state index is 0.0133. The van der Waals surface area contributed by atoms with Crippen molar-refractivity contribution >= 4 is 41.0 Å². The molecule has 2 aromatic carbocycles. The van der Waals surface area contributed by atoms with E-state index in [-0.39, 0.29) is 23.9 Å². The van der Waals surface area contributed by atoms with E-state index in [1.807, 2.05) is 60.5 Å². The maximum absolute atomic E-state index is 13.5. The summed E-state index contributed by atoms with van der Waals surface area (Å²) in [6.07, 6.45) is 11.9. The van der Waals surface area contributed by atoms with E-state index < -0.39 is 6.04 Å². The summed E-state index contributed by atoms with van der Waals surface area (Å²) in [4.78, 5) is 44.7. The van der Waals surface area contributed by atoms with Crippen LogP contribution in [0.1, 0.15) is 50.7 Å². The number of carbonyl (C=O) groups excluding carboxylic acids is 3. The summed E-state index contributed by atoms with van der Waals surface area (Å²) < 4.78 is 11.3. The summed E-state index contributed by atoms with van der Waals surface area (Å²) in [5.74, 6) is 1.24. The Balaban J connectivity index is 0.973. The number of urea groups is 1. The molecule has 45 heavy (non-hydrogen) atoms. The molecule has 3 heterocycles. The number of hydrogen-bond acceptors (Lipinski definition) is 6. The third kappa shape index (κ3) is 7.50. The minimum Gasteiger partial charge on any atom is -0.490 e. The van der Waals surface area contributed by atoms with Crippen LogP contribution >= 0.6 is 0 Å². The highest BCUT2D eigenvalue weighted by Gasteiger charge is 2.38. The van der Waals surface area contributed by atoms with Crippen LogP contribution in [0.3, 0.4) is 0 Å². The normalized spacial score (nSPS) is 20.1. The van der Waals surface area contributed by atoms with Crippen molar-refractivity contribution in [1.29, 1.82) is 0 Å². The SMILES string of the molecule is CN(C(=O)[C@H]1CCCN1C(=O)/C=C/c1ccco1)C1CCN(c2ccc(NC(=O)Nc3ccc(OC4CCCC4)cc3)cc2)C1. The molecular formula is C35H41N5O5. The molecule has 2 aliphatic heterocycles. The lowest BCUT2D eigenvalue weighted by atomic mass is 10.1. The van der Waals surface area contributed by atoms with Crippen molar-refractivity contribution in [3.63, 3.8) is 0 Å². The molecule has 0 spiro atoms. The van der Waals surface area contributed by atoms with E-state index in [2.05, 4.69) is 15.5 Å². The number of rotatable bonds is 9. The number of likely N-dealkylation sites (N-methyl/N-ethyl adjacent to an activating group) is 1. The fraction of sp³-hybridized carbons (Fsp3) is 0.400. The van der Waals surface area contributed by atoms with E-state index in [0.29, 0.717) is 42.7 Å². The lowest BCUT2D eigenvalue weighted by Crippen LogP contribution is -2.49. The Morgan fingerprint density at radius 2 is 1.60 bits per heavy atom. The highest BCUT2D eigenvalue weighted by atomic mass is 16.5. The Kier molecular flexibility index (Phi) is 9.38. The largest absolute Gasteiger partial charge is 0.490 e. The predicted octanol–water partition coefficient (Wildman–Crippen LogP) is 5.99. The van der Waals surface area contributed by atoms with E-state index >= 15 is 0 Å². The molecule has 0 radical (unpaired) electrons. The molecule has 1 aliphatic carbocycles. The first-order valence-electron chi connectivity index (χ1n) is 15.9. The number of hydrogen-bond donors (Lipinski definition) is 2. The lowest BCUT2D eigenvalue weighted by molar-refractivity contribution is -0.142. The van der Waals surface area contributed by atoms with Crippen LogP contribution in [-0.4, -0.2) is 72.5 Å². The fourth-order valence-electron chi connectivity index (χ4n) is 6.49. The average molecular weight is 612 g/mol. The van der Waals surface area contributed by atoms with Gasteiger partial charge in [-0.05, 0) is 112 Å². The van der Waals surface area contributed by atoms with Gasteiger partial charge >= 0.3 is 6.03 Å². The van der Waals surface area contributed by atoms with Gasteiger partial charge in [0.15, 0.2) is 0 Å². The Morgan fingerprint density at radius 3 is 2.29 bits per heavy atom.